The van der Waals surface area contributed by atoms with Crippen molar-refractivity contribution in [2.24, 2.45) is 0 Å². The molecule has 0 amide bonds. The number of hydrogen-bond donors (Lipinski definition) is 1. The van der Waals surface area contributed by atoms with Gasteiger partial charge in [0.1, 0.15) is 0 Å². The van der Waals surface area contributed by atoms with Crippen LogP contribution in [0.25, 0.3) is 0 Å². The van der Waals surface area contributed by atoms with Gasteiger partial charge in [-0.25, -0.2) is 0 Å². The van der Waals surface area contributed by atoms with Crippen LogP contribution in [-0.4, -0.2) is 38.1 Å². The average Bonchev–Trinajstić information content (AvgIpc) is 1.97. The minimum Gasteiger partial charge on any atom is -0.312 e. The van der Waals surface area contributed by atoms with Gasteiger partial charge in [0, 0.05) is 25.6 Å². The summed E-state index contributed by atoms with van der Waals surface area (Å²) in [4.78, 5) is 2.18. The zero-order valence-corrected chi connectivity index (χ0v) is 8.65. The van der Waals surface area contributed by atoms with E-state index in [-0.39, 0.29) is 0 Å². The fourth-order valence-electron chi connectivity index (χ4n) is 1.12. The van der Waals surface area contributed by atoms with Crippen molar-refractivity contribution in [1.29, 1.82) is 0 Å². The maximum absolute atomic E-state index is 3.40. The van der Waals surface area contributed by atoms with Gasteiger partial charge < -0.3 is 10.2 Å². The second-order valence-electron chi connectivity index (χ2n) is 3.29. The van der Waals surface area contributed by atoms with Gasteiger partial charge in [-0.3, -0.25) is 0 Å². The van der Waals surface area contributed by atoms with Gasteiger partial charge in [0.25, 0.3) is 0 Å². The number of hydrogen-bond acceptors (Lipinski definition) is 2. The molecule has 2 nitrogen and oxygen atoms in total. The summed E-state index contributed by atoms with van der Waals surface area (Å²) in [5.41, 5.74) is 0. The number of nitrogens with one attached hydrogen (secondary N) is 1. The maximum Gasteiger partial charge on any atom is 0.0214 e. The van der Waals surface area contributed by atoms with Crippen molar-refractivity contribution >= 4 is 0 Å². The Kier molecular flexibility index (Phi) is 6.84. The minimum atomic E-state index is 0.554. The molecule has 0 fully saturated rings. The van der Waals surface area contributed by atoms with Crippen LogP contribution in [0.3, 0.4) is 0 Å². The summed E-state index contributed by atoms with van der Waals surface area (Å²) < 4.78 is 0. The molecule has 0 heterocycles. The van der Waals surface area contributed by atoms with Crippen LogP contribution in [-0.2, 0) is 0 Å². The van der Waals surface area contributed by atoms with E-state index in [0.29, 0.717) is 6.04 Å². The monoisotopic (exact) mass is 168 g/mol. The lowest BCUT2D eigenvalue weighted by atomic mass is 10.3. The predicted octanol–water partition coefficient (Wildman–Crippen LogP) is 0.940. The molecule has 70 valence electrons. The van der Waals surface area contributed by atoms with E-state index in [1.807, 2.05) is 6.92 Å². The Labute approximate surface area is 76.3 Å². The van der Waals surface area contributed by atoms with Gasteiger partial charge in [0.15, 0.2) is 0 Å². The number of likely N-dealkylation sites (N-methyl/N-ethyl adjacent to an activating group) is 1. The van der Waals surface area contributed by atoms with E-state index in [2.05, 4.69) is 43.1 Å². The molecule has 0 rings (SSSR count). The highest BCUT2D eigenvalue weighted by atomic mass is 15.1. The number of nitrogens with zero attached hydrogens (tertiary/aromatic N) is 1. The molecule has 1 N–H and O–H groups in total. The van der Waals surface area contributed by atoms with Crippen molar-refractivity contribution in [3.63, 3.8) is 0 Å². The van der Waals surface area contributed by atoms with E-state index < -0.39 is 0 Å². The normalized spacial score (nSPS) is 12.4. The molecule has 12 heavy (non-hydrogen) atoms. The highest BCUT2D eigenvalue weighted by Gasteiger charge is 2.00. The number of rotatable bonds is 5. The largest absolute Gasteiger partial charge is 0.312 e. The van der Waals surface area contributed by atoms with Crippen LogP contribution in [0.1, 0.15) is 20.3 Å². The van der Waals surface area contributed by atoms with Crippen molar-refractivity contribution < 1.29 is 0 Å². The molecular weight excluding hydrogens is 148 g/mol. The molecule has 0 aromatic carbocycles. The third kappa shape index (κ3) is 7.59. The summed E-state index contributed by atoms with van der Waals surface area (Å²) in [6.45, 7) is 6.15. The Hall–Kier alpha value is -0.520. The van der Waals surface area contributed by atoms with Crippen molar-refractivity contribution in [3.8, 4) is 11.8 Å². The van der Waals surface area contributed by atoms with Crippen LogP contribution in [0.4, 0.5) is 0 Å². The van der Waals surface area contributed by atoms with Crippen molar-refractivity contribution in [2.45, 2.75) is 26.3 Å². The Morgan fingerprint density at radius 1 is 1.42 bits per heavy atom. The summed E-state index contributed by atoms with van der Waals surface area (Å²) in [5, 5.41) is 3.40. The zero-order valence-electron chi connectivity index (χ0n) is 8.65. The quantitative estimate of drug-likeness (QED) is 0.485. The van der Waals surface area contributed by atoms with Gasteiger partial charge in [-0.15, -0.1) is 11.8 Å². The van der Waals surface area contributed by atoms with Crippen LogP contribution >= 0.6 is 0 Å². The van der Waals surface area contributed by atoms with Crippen LogP contribution in [0.5, 0.6) is 0 Å². The van der Waals surface area contributed by atoms with Crippen LogP contribution in [0.2, 0.25) is 0 Å². The molecule has 0 aliphatic heterocycles. The van der Waals surface area contributed by atoms with E-state index in [0.717, 1.165) is 19.5 Å². The van der Waals surface area contributed by atoms with Gasteiger partial charge >= 0.3 is 0 Å². The summed E-state index contributed by atoms with van der Waals surface area (Å²) in [7, 11) is 4.17. The van der Waals surface area contributed by atoms with Gasteiger partial charge in [0.05, 0.1) is 0 Å². The molecule has 1 atom stereocenters. The highest BCUT2D eigenvalue weighted by molar-refractivity contribution is 4.95. The lowest BCUT2D eigenvalue weighted by Gasteiger charge is -2.17. The molecule has 0 aromatic heterocycles. The lowest BCUT2D eigenvalue weighted by molar-refractivity contribution is 0.352. The summed E-state index contributed by atoms with van der Waals surface area (Å²) in [5.74, 6) is 5.91. The minimum absolute atomic E-state index is 0.554. The van der Waals surface area contributed by atoms with Crippen molar-refractivity contribution in [1.82, 2.24) is 10.2 Å². The molecule has 0 spiro atoms. The second-order valence-corrected chi connectivity index (χ2v) is 3.29. The summed E-state index contributed by atoms with van der Waals surface area (Å²) in [6.07, 6.45) is 0.953. The first-order valence-corrected chi connectivity index (χ1v) is 4.44. The smallest absolute Gasteiger partial charge is 0.0214 e. The zero-order chi connectivity index (χ0) is 9.40. The fraction of sp³-hybridized carbons (Fsp3) is 0.800. The molecule has 0 radical (unpaired) electrons. The van der Waals surface area contributed by atoms with Crippen molar-refractivity contribution in [3.05, 3.63) is 0 Å². The van der Waals surface area contributed by atoms with Crippen LogP contribution in [0, 0.1) is 11.8 Å². The predicted molar refractivity (Wildman–Crippen MR) is 54.1 cm³/mol. The molecular formula is C10H20N2. The third-order valence-corrected chi connectivity index (χ3v) is 1.56. The van der Waals surface area contributed by atoms with E-state index in [9.17, 15) is 0 Å². The van der Waals surface area contributed by atoms with E-state index >= 15 is 0 Å². The van der Waals surface area contributed by atoms with Gasteiger partial charge in [-0.2, -0.15) is 0 Å². The standard InChI is InChI=1S/C10H20N2/c1-5-6-7-8-11-10(2)9-12(3)4/h10-11H,7-9H2,1-4H3. The molecule has 0 aliphatic rings. The molecule has 0 saturated heterocycles. The highest BCUT2D eigenvalue weighted by Crippen LogP contribution is 1.84. The van der Waals surface area contributed by atoms with E-state index in [1.54, 1.807) is 0 Å². The Balaban J connectivity index is 3.29. The Bertz CT molecular complexity index is 153. The SMILES string of the molecule is CC#CCCNC(C)CN(C)C. The molecule has 0 aliphatic carbocycles. The van der Waals surface area contributed by atoms with Gasteiger partial charge in [-0.05, 0) is 27.9 Å². The first kappa shape index (κ1) is 11.5. The summed E-state index contributed by atoms with van der Waals surface area (Å²) in [6, 6.07) is 0.554. The topological polar surface area (TPSA) is 15.3 Å². The second kappa shape index (κ2) is 7.15. The first-order chi connectivity index (χ1) is 5.66. The van der Waals surface area contributed by atoms with Crippen molar-refractivity contribution in [2.75, 3.05) is 27.2 Å². The molecule has 1 unspecified atom stereocenters. The van der Waals surface area contributed by atoms with Gasteiger partial charge in [-0.1, -0.05) is 0 Å². The fourth-order valence-corrected chi connectivity index (χ4v) is 1.12. The molecule has 0 aromatic rings. The molecule has 0 saturated carbocycles. The van der Waals surface area contributed by atoms with Gasteiger partial charge in [0.2, 0.25) is 0 Å². The Morgan fingerprint density at radius 3 is 2.58 bits per heavy atom. The van der Waals surface area contributed by atoms with E-state index in [4.69, 9.17) is 0 Å². The molecule has 0 bridgehead atoms. The maximum atomic E-state index is 3.40. The third-order valence-electron chi connectivity index (χ3n) is 1.56. The first-order valence-electron chi connectivity index (χ1n) is 4.44. The average molecular weight is 168 g/mol. The lowest BCUT2D eigenvalue weighted by Crippen LogP contribution is -2.36. The summed E-state index contributed by atoms with van der Waals surface area (Å²) >= 11 is 0. The Morgan fingerprint density at radius 2 is 2.08 bits per heavy atom. The van der Waals surface area contributed by atoms with Crippen LogP contribution in [0.15, 0.2) is 0 Å². The van der Waals surface area contributed by atoms with Crippen LogP contribution < -0.4 is 5.32 Å². The van der Waals surface area contributed by atoms with E-state index in [1.165, 1.54) is 0 Å². The molecule has 2 heteroatoms.